The van der Waals surface area contributed by atoms with Crippen molar-refractivity contribution in [2.24, 2.45) is 5.92 Å². The van der Waals surface area contributed by atoms with Crippen LogP contribution in [0, 0.1) is 19.8 Å². The maximum Gasteiger partial charge on any atom is 0.263 e. The molecule has 1 atom stereocenters. The molecule has 33 heavy (non-hydrogen) atoms. The van der Waals surface area contributed by atoms with E-state index >= 15 is 0 Å². The van der Waals surface area contributed by atoms with E-state index in [1.54, 1.807) is 0 Å². The van der Waals surface area contributed by atoms with Crippen molar-refractivity contribution < 1.29 is 4.57 Å². The van der Waals surface area contributed by atoms with Gasteiger partial charge in [0.25, 0.3) is 5.01 Å². The van der Waals surface area contributed by atoms with Crippen molar-refractivity contribution in [2.75, 3.05) is 11.4 Å². The van der Waals surface area contributed by atoms with Gasteiger partial charge in [-0.2, -0.15) is 4.57 Å². The summed E-state index contributed by atoms with van der Waals surface area (Å²) in [5.74, 6) is 0.658. The summed E-state index contributed by atoms with van der Waals surface area (Å²) in [4.78, 5) is 3.84. The van der Waals surface area contributed by atoms with Crippen LogP contribution in [0.5, 0.6) is 0 Å². The number of fused-ring (bicyclic) bond motifs is 2. The molecule has 2 aromatic carbocycles. The first-order valence-corrected chi connectivity index (χ1v) is 13.7. The molecule has 3 aromatic rings. The zero-order valence-corrected chi connectivity index (χ0v) is 21.9. The van der Waals surface area contributed by atoms with E-state index in [0.29, 0.717) is 5.92 Å². The maximum atomic E-state index is 2.46. The van der Waals surface area contributed by atoms with Gasteiger partial charge in [-0.3, -0.25) is 0 Å². The van der Waals surface area contributed by atoms with Gasteiger partial charge in [0.15, 0.2) is 0 Å². The van der Waals surface area contributed by atoms with E-state index in [9.17, 15) is 0 Å². The van der Waals surface area contributed by atoms with Crippen LogP contribution >= 0.6 is 23.1 Å². The lowest BCUT2D eigenvalue weighted by molar-refractivity contribution is -0.665. The number of nitrogens with zero attached hydrogens (tertiary/aromatic N) is 2. The Kier molecular flexibility index (Phi) is 6.24. The number of aromatic nitrogens is 1. The molecule has 0 amide bonds. The highest BCUT2D eigenvalue weighted by Gasteiger charge is 2.25. The Labute approximate surface area is 206 Å². The monoisotopic (exact) mass is 473 g/mol. The average molecular weight is 474 g/mol. The summed E-state index contributed by atoms with van der Waals surface area (Å²) in [6.07, 6.45) is 9.62. The van der Waals surface area contributed by atoms with Crippen LogP contribution in [0.1, 0.15) is 49.7 Å². The van der Waals surface area contributed by atoms with Crippen LogP contribution in [0.3, 0.4) is 0 Å². The van der Waals surface area contributed by atoms with E-state index in [1.165, 1.54) is 53.1 Å². The van der Waals surface area contributed by atoms with Crippen LogP contribution in [-0.2, 0) is 6.54 Å². The number of anilines is 1. The van der Waals surface area contributed by atoms with Crippen molar-refractivity contribution in [3.8, 4) is 0 Å². The Hall–Kier alpha value is -2.30. The van der Waals surface area contributed by atoms with Crippen LogP contribution in [0.2, 0.25) is 0 Å². The third-order valence-corrected chi connectivity index (χ3v) is 8.75. The van der Waals surface area contributed by atoms with Crippen molar-refractivity contribution in [1.29, 1.82) is 0 Å². The number of thiazole rings is 1. The summed E-state index contributed by atoms with van der Waals surface area (Å²) in [5, 5.41) is 2.72. The maximum absolute atomic E-state index is 2.46. The topological polar surface area (TPSA) is 7.12 Å². The van der Waals surface area contributed by atoms with Crippen molar-refractivity contribution in [1.82, 2.24) is 0 Å². The largest absolute Gasteiger partial charge is 0.335 e. The molecule has 2 heterocycles. The first kappa shape index (κ1) is 22.5. The van der Waals surface area contributed by atoms with Gasteiger partial charge in [-0.25, -0.2) is 0 Å². The van der Waals surface area contributed by atoms with Gasteiger partial charge in [-0.05, 0) is 93.0 Å². The third kappa shape index (κ3) is 4.43. The molecule has 0 bridgehead atoms. The summed E-state index contributed by atoms with van der Waals surface area (Å²) in [7, 11) is 0. The molecule has 1 aromatic heterocycles. The van der Waals surface area contributed by atoms with Crippen molar-refractivity contribution in [3.05, 3.63) is 80.9 Å². The van der Waals surface area contributed by atoms with E-state index in [0.717, 1.165) is 25.9 Å². The van der Waals surface area contributed by atoms with Gasteiger partial charge in [0.05, 0.1) is 10.7 Å². The second-order valence-electron chi connectivity index (χ2n) is 9.41. The van der Waals surface area contributed by atoms with E-state index in [4.69, 9.17) is 0 Å². The van der Waals surface area contributed by atoms with E-state index in [2.05, 4.69) is 98.7 Å². The fourth-order valence-electron chi connectivity index (χ4n) is 5.04. The Bertz CT molecular complexity index is 1310. The lowest BCUT2D eigenvalue weighted by Crippen LogP contribution is -2.33. The number of hydrogen-bond donors (Lipinski definition) is 0. The molecule has 170 valence electrons. The highest BCUT2D eigenvalue weighted by molar-refractivity contribution is 8.03. The lowest BCUT2D eigenvalue weighted by atomic mass is 9.87. The van der Waals surface area contributed by atoms with Gasteiger partial charge < -0.3 is 4.90 Å². The quantitative estimate of drug-likeness (QED) is 0.354. The molecular formula is C29H33N2S2+. The number of allylic oxidation sites excluding steroid dienone is 4. The average Bonchev–Trinajstić information content (AvgIpc) is 3.28. The van der Waals surface area contributed by atoms with Gasteiger partial charge in [-0.1, -0.05) is 48.2 Å². The summed E-state index contributed by atoms with van der Waals surface area (Å²) < 4.78 is 3.84. The Balaban J connectivity index is 1.51. The van der Waals surface area contributed by atoms with Gasteiger partial charge >= 0.3 is 0 Å². The molecule has 0 saturated carbocycles. The molecule has 1 aliphatic heterocycles. The first-order valence-electron chi connectivity index (χ1n) is 12.1. The molecule has 4 heteroatoms. The third-order valence-electron chi connectivity index (χ3n) is 6.56. The minimum atomic E-state index is 0.658. The van der Waals surface area contributed by atoms with Crippen molar-refractivity contribution >= 4 is 45.1 Å². The zero-order valence-electron chi connectivity index (χ0n) is 20.3. The number of benzene rings is 2. The van der Waals surface area contributed by atoms with Gasteiger partial charge in [0.1, 0.15) is 11.2 Å². The molecule has 0 spiro atoms. The highest BCUT2D eigenvalue weighted by atomic mass is 32.2. The Morgan fingerprint density at radius 1 is 1.03 bits per heavy atom. The predicted molar refractivity (Wildman–Crippen MR) is 145 cm³/mol. The van der Waals surface area contributed by atoms with Crippen LogP contribution in [0.15, 0.2) is 69.6 Å². The number of hydrogen-bond acceptors (Lipinski definition) is 3. The lowest BCUT2D eigenvalue weighted by Gasteiger charge is -2.22. The molecule has 2 nitrogen and oxygen atoms in total. The Morgan fingerprint density at radius 2 is 1.82 bits per heavy atom. The molecule has 0 radical (unpaired) electrons. The van der Waals surface area contributed by atoms with E-state index in [-0.39, 0.29) is 0 Å². The van der Waals surface area contributed by atoms with Crippen LogP contribution in [0.4, 0.5) is 5.69 Å². The predicted octanol–water partition coefficient (Wildman–Crippen LogP) is 8.04. The van der Waals surface area contributed by atoms with Crippen molar-refractivity contribution in [3.63, 3.8) is 0 Å². The van der Waals surface area contributed by atoms with Gasteiger partial charge in [-0.15, -0.1) is 0 Å². The van der Waals surface area contributed by atoms with Crippen molar-refractivity contribution in [2.45, 2.75) is 58.9 Å². The fraction of sp³-hybridized carbons (Fsp3) is 0.345. The summed E-state index contributed by atoms with van der Waals surface area (Å²) in [6, 6.07) is 13.6. The fourth-order valence-corrected chi connectivity index (χ4v) is 7.65. The molecule has 1 aliphatic carbocycles. The zero-order chi connectivity index (χ0) is 23.1. The molecule has 0 saturated heterocycles. The minimum absolute atomic E-state index is 0.658. The van der Waals surface area contributed by atoms with Crippen LogP contribution in [0.25, 0.3) is 16.3 Å². The molecule has 0 N–H and O–H groups in total. The second-order valence-corrected chi connectivity index (χ2v) is 11.5. The van der Waals surface area contributed by atoms with Gasteiger partial charge in [0.2, 0.25) is 5.52 Å². The number of thioether (sulfide) groups is 1. The molecule has 0 fully saturated rings. The molecule has 2 aliphatic rings. The molecule has 5 rings (SSSR count). The summed E-state index contributed by atoms with van der Waals surface area (Å²) >= 11 is 3.84. The smallest absolute Gasteiger partial charge is 0.263 e. The normalized spacial score (nSPS) is 20.7. The summed E-state index contributed by atoms with van der Waals surface area (Å²) in [6.45, 7) is 13.2. The number of rotatable bonds is 4. The minimum Gasteiger partial charge on any atom is -0.335 e. The van der Waals surface area contributed by atoms with E-state index in [1.807, 2.05) is 23.1 Å². The molecular weight excluding hydrogens is 440 g/mol. The Morgan fingerprint density at radius 3 is 2.61 bits per heavy atom. The SMILES string of the molecule is CCN1C(=CC2=CC(=Cc3sc4cc(C)ccc4[n+]3CC)CC(C)C2)Sc2cc(C)ccc21. The van der Waals surface area contributed by atoms with Gasteiger partial charge in [0, 0.05) is 23.6 Å². The van der Waals surface area contributed by atoms with E-state index < -0.39 is 0 Å². The number of aryl methyl sites for hydroxylation is 3. The second kappa shape index (κ2) is 9.15. The molecule has 1 unspecified atom stereocenters. The first-order chi connectivity index (χ1) is 15.9. The van der Waals surface area contributed by atoms with Crippen LogP contribution in [-0.4, -0.2) is 6.54 Å². The van der Waals surface area contributed by atoms with Crippen LogP contribution < -0.4 is 9.47 Å². The standard InChI is InChI=1S/C29H33N2S2/c1-6-30-24-10-8-19(3)14-26(24)32-28(30)17-22-12-21(5)13-23(16-22)18-29-31(7-2)25-11-9-20(4)15-27(25)33-29/h8-11,14-18,21H,6-7,12-13H2,1-5H3/q+1. The highest BCUT2D eigenvalue weighted by Crippen LogP contribution is 2.47. The summed E-state index contributed by atoms with van der Waals surface area (Å²) in [5.41, 5.74) is 8.26.